The highest BCUT2D eigenvalue weighted by Crippen LogP contribution is 2.40. The van der Waals surface area contributed by atoms with Crippen molar-refractivity contribution in [2.45, 2.75) is 11.8 Å². The summed E-state index contributed by atoms with van der Waals surface area (Å²) in [5.74, 6) is 0.388. The lowest BCUT2D eigenvalue weighted by Gasteiger charge is -2.16. The van der Waals surface area contributed by atoms with Crippen LogP contribution in [-0.4, -0.2) is 7.11 Å². The number of benzene rings is 2. The fourth-order valence-electron chi connectivity index (χ4n) is 1.91. The van der Waals surface area contributed by atoms with E-state index in [9.17, 15) is 4.39 Å². The molecule has 0 aliphatic heterocycles. The maximum Gasteiger partial charge on any atom is 0.123 e. The average molecular weight is 388 g/mol. The minimum atomic E-state index is -0.275. The average Bonchev–Trinajstić information content (AvgIpc) is 2.38. The Morgan fingerprint density at radius 2 is 1.84 bits per heavy atom. The van der Waals surface area contributed by atoms with Crippen molar-refractivity contribution in [3.63, 3.8) is 0 Å². The van der Waals surface area contributed by atoms with Crippen LogP contribution in [0, 0.1) is 12.7 Å². The van der Waals surface area contributed by atoms with Crippen molar-refractivity contribution in [2.75, 3.05) is 7.11 Å². The zero-order valence-electron chi connectivity index (χ0n) is 10.6. The van der Waals surface area contributed by atoms with E-state index in [1.165, 1.54) is 17.7 Å². The van der Waals surface area contributed by atoms with Crippen molar-refractivity contribution >= 4 is 31.9 Å². The van der Waals surface area contributed by atoms with Crippen LogP contribution in [0.4, 0.5) is 4.39 Å². The van der Waals surface area contributed by atoms with Crippen LogP contribution in [0.15, 0.2) is 40.9 Å². The summed E-state index contributed by atoms with van der Waals surface area (Å²) in [7, 11) is 1.58. The Morgan fingerprint density at radius 1 is 1.11 bits per heavy atom. The Morgan fingerprint density at radius 3 is 2.47 bits per heavy atom. The molecule has 2 aromatic rings. The third-order valence-corrected chi connectivity index (χ3v) is 4.57. The van der Waals surface area contributed by atoms with Crippen molar-refractivity contribution in [3.05, 3.63) is 63.4 Å². The summed E-state index contributed by atoms with van der Waals surface area (Å²) in [5.41, 5.74) is 2.98. The topological polar surface area (TPSA) is 9.23 Å². The third-order valence-electron chi connectivity index (χ3n) is 2.89. The Balaban J connectivity index is 2.49. The quantitative estimate of drug-likeness (QED) is 0.641. The Hall–Kier alpha value is -0.870. The van der Waals surface area contributed by atoms with Crippen LogP contribution in [0.1, 0.15) is 21.5 Å². The summed E-state index contributed by atoms with van der Waals surface area (Å²) in [6.07, 6.45) is 0. The third kappa shape index (κ3) is 3.18. The molecule has 0 spiro atoms. The maximum absolute atomic E-state index is 13.4. The SMILES string of the molecule is COc1ccc(F)cc1C(Br)c1ccc(C)cc1Br. The molecule has 1 unspecified atom stereocenters. The second kappa shape index (κ2) is 6.06. The predicted molar refractivity (Wildman–Crippen MR) is 82.6 cm³/mol. The first-order valence-electron chi connectivity index (χ1n) is 5.76. The van der Waals surface area contributed by atoms with Gasteiger partial charge in [-0.2, -0.15) is 0 Å². The molecule has 2 aromatic carbocycles. The second-order valence-corrected chi connectivity index (χ2v) is 6.04. The molecule has 100 valence electrons. The van der Waals surface area contributed by atoms with Gasteiger partial charge in [0.25, 0.3) is 0 Å². The maximum atomic E-state index is 13.4. The Bertz CT molecular complexity index is 599. The monoisotopic (exact) mass is 386 g/mol. The van der Waals surface area contributed by atoms with Crippen molar-refractivity contribution < 1.29 is 9.13 Å². The van der Waals surface area contributed by atoms with Gasteiger partial charge in [-0.3, -0.25) is 0 Å². The molecule has 0 radical (unpaired) electrons. The van der Waals surface area contributed by atoms with E-state index in [4.69, 9.17) is 4.74 Å². The van der Waals surface area contributed by atoms with Gasteiger partial charge >= 0.3 is 0 Å². The van der Waals surface area contributed by atoms with E-state index in [1.807, 2.05) is 25.1 Å². The van der Waals surface area contributed by atoms with E-state index in [0.717, 1.165) is 15.6 Å². The number of hydrogen-bond acceptors (Lipinski definition) is 1. The molecular formula is C15H13Br2FO. The summed E-state index contributed by atoms with van der Waals surface area (Å²) in [5, 5.41) is 0. The lowest BCUT2D eigenvalue weighted by atomic mass is 10.0. The van der Waals surface area contributed by atoms with E-state index < -0.39 is 0 Å². The molecule has 0 aliphatic rings. The van der Waals surface area contributed by atoms with E-state index in [0.29, 0.717) is 5.75 Å². The molecule has 0 fully saturated rings. The summed E-state index contributed by atoms with van der Waals surface area (Å²) in [6.45, 7) is 2.03. The first kappa shape index (κ1) is 14.5. The van der Waals surface area contributed by atoms with Gasteiger partial charge in [-0.25, -0.2) is 4.39 Å². The standard InChI is InChI=1S/C15H13Br2FO/c1-9-3-5-11(13(16)7-9)15(17)12-8-10(18)4-6-14(12)19-2/h3-8,15H,1-2H3. The molecule has 0 amide bonds. The van der Waals surface area contributed by atoms with E-state index in [1.54, 1.807) is 13.2 Å². The highest BCUT2D eigenvalue weighted by Gasteiger charge is 2.18. The molecule has 0 aromatic heterocycles. The van der Waals surface area contributed by atoms with Gasteiger partial charge in [-0.05, 0) is 42.3 Å². The normalized spacial score (nSPS) is 12.3. The van der Waals surface area contributed by atoms with Crippen LogP contribution in [0.5, 0.6) is 5.75 Å². The van der Waals surface area contributed by atoms with Gasteiger partial charge in [0, 0.05) is 10.0 Å². The molecule has 2 rings (SSSR count). The van der Waals surface area contributed by atoms with Crippen LogP contribution in [-0.2, 0) is 0 Å². The van der Waals surface area contributed by atoms with Crippen molar-refractivity contribution in [3.8, 4) is 5.75 Å². The van der Waals surface area contributed by atoms with Gasteiger partial charge < -0.3 is 4.74 Å². The Labute approximate surface area is 129 Å². The summed E-state index contributed by atoms with van der Waals surface area (Å²) in [6, 6.07) is 10.6. The van der Waals surface area contributed by atoms with E-state index >= 15 is 0 Å². The number of aryl methyl sites for hydroxylation is 1. The van der Waals surface area contributed by atoms with Crippen molar-refractivity contribution in [2.24, 2.45) is 0 Å². The first-order chi connectivity index (χ1) is 9.02. The number of alkyl halides is 1. The smallest absolute Gasteiger partial charge is 0.123 e. The molecule has 0 N–H and O–H groups in total. The molecule has 0 bridgehead atoms. The van der Waals surface area contributed by atoms with Crippen LogP contribution in [0.25, 0.3) is 0 Å². The van der Waals surface area contributed by atoms with Gasteiger partial charge in [0.05, 0.1) is 11.9 Å². The molecule has 4 heteroatoms. The molecule has 0 saturated carbocycles. The van der Waals surface area contributed by atoms with Crippen LogP contribution < -0.4 is 4.74 Å². The number of methoxy groups -OCH3 is 1. The Kier molecular flexibility index (Phi) is 4.63. The lowest BCUT2D eigenvalue weighted by molar-refractivity contribution is 0.409. The molecule has 1 atom stereocenters. The molecule has 1 nitrogen and oxygen atoms in total. The van der Waals surface area contributed by atoms with Crippen molar-refractivity contribution in [1.82, 2.24) is 0 Å². The number of ether oxygens (including phenoxy) is 1. The van der Waals surface area contributed by atoms with Crippen LogP contribution in [0.2, 0.25) is 0 Å². The van der Waals surface area contributed by atoms with E-state index in [-0.39, 0.29) is 10.6 Å². The lowest BCUT2D eigenvalue weighted by Crippen LogP contribution is -1.99. The van der Waals surface area contributed by atoms with Crippen molar-refractivity contribution in [1.29, 1.82) is 0 Å². The first-order valence-corrected chi connectivity index (χ1v) is 7.47. The van der Waals surface area contributed by atoms with Crippen LogP contribution in [0.3, 0.4) is 0 Å². The molecule has 0 aliphatic carbocycles. The van der Waals surface area contributed by atoms with Crippen LogP contribution >= 0.6 is 31.9 Å². The van der Waals surface area contributed by atoms with Gasteiger partial charge in [-0.1, -0.05) is 44.0 Å². The minimum absolute atomic E-state index is 0.131. The molecule has 19 heavy (non-hydrogen) atoms. The molecule has 0 heterocycles. The van der Waals surface area contributed by atoms with Gasteiger partial charge in [0.2, 0.25) is 0 Å². The zero-order valence-corrected chi connectivity index (χ0v) is 13.8. The fraction of sp³-hybridized carbons (Fsp3) is 0.200. The summed E-state index contributed by atoms with van der Waals surface area (Å²) >= 11 is 7.16. The number of rotatable bonds is 3. The molecule has 0 saturated heterocycles. The molecular weight excluding hydrogens is 375 g/mol. The largest absolute Gasteiger partial charge is 0.496 e. The van der Waals surface area contributed by atoms with Gasteiger partial charge in [0.1, 0.15) is 11.6 Å². The fourth-order valence-corrected chi connectivity index (χ4v) is 3.69. The number of halogens is 3. The second-order valence-electron chi connectivity index (χ2n) is 4.27. The highest BCUT2D eigenvalue weighted by atomic mass is 79.9. The predicted octanol–water partition coefficient (Wildman–Crippen LogP) is 5.39. The number of hydrogen-bond donors (Lipinski definition) is 0. The highest BCUT2D eigenvalue weighted by molar-refractivity contribution is 9.11. The van der Waals surface area contributed by atoms with Gasteiger partial charge in [0.15, 0.2) is 0 Å². The summed E-state index contributed by atoms with van der Waals surface area (Å²) < 4.78 is 19.7. The van der Waals surface area contributed by atoms with Gasteiger partial charge in [-0.15, -0.1) is 0 Å². The van der Waals surface area contributed by atoms with E-state index in [2.05, 4.69) is 31.9 Å². The summed E-state index contributed by atoms with van der Waals surface area (Å²) in [4.78, 5) is -0.131. The zero-order chi connectivity index (χ0) is 14.0. The minimum Gasteiger partial charge on any atom is -0.496 e.